The number of hydrogen-bond acceptors (Lipinski definition) is 9. The summed E-state index contributed by atoms with van der Waals surface area (Å²) in [5.41, 5.74) is 5.32. The summed E-state index contributed by atoms with van der Waals surface area (Å²) in [6, 6.07) is -1.53. The molecule has 0 fully saturated rings. The second-order valence-corrected chi connectivity index (χ2v) is 15.2. The molecule has 0 aliphatic heterocycles. The lowest BCUT2D eigenvalue weighted by molar-refractivity contribution is -0.161. The number of carboxylic acids is 1. The highest BCUT2D eigenvalue weighted by atomic mass is 31.2. The van der Waals surface area contributed by atoms with E-state index in [2.05, 4.69) is 54.8 Å². The Labute approximate surface area is 326 Å². The molecule has 54 heavy (non-hydrogen) atoms. The van der Waals surface area contributed by atoms with Crippen molar-refractivity contribution in [1.82, 2.24) is 0 Å². The number of aliphatic carboxylic acids is 1. The van der Waals surface area contributed by atoms with Crippen LogP contribution in [0.3, 0.4) is 0 Å². The lowest BCUT2D eigenvalue weighted by Crippen LogP contribution is -2.34. The minimum absolute atomic E-state index is 0.0868. The van der Waals surface area contributed by atoms with Crippen molar-refractivity contribution in [3.8, 4) is 0 Å². The van der Waals surface area contributed by atoms with Gasteiger partial charge in [0.2, 0.25) is 0 Å². The Morgan fingerprint density at radius 2 is 1.00 bits per heavy atom. The first-order chi connectivity index (χ1) is 26.1. The standard InChI is InChI=1S/C42H74NO10P/c1-3-5-7-9-11-13-15-17-18-19-20-22-24-26-28-30-32-34-41(45)53-38(36-51-54(48,49)52-37-39(43)42(46)47)35-50-40(44)33-31-29-27-25-23-21-16-14-12-10-8-6-4-2/h14,16-18,20,22,26,28,38-39H,3-13,15,19,21,23-25,27,29-37,43H2,1-2H3,(H,46,47)(H,48,49)/b16-14-,18-17-,22-20-,28-26-/t38-,39+/m1/s1. The summed E-state index contributed by atoms with van der Waals surface area (Å²) in [6.07, 6.45) is 40.4. The number of phosphoric acid groups is 1. The van der Waals surface area contributed by atoms with Crippen LogP contribution in [-0.2, 0) is 37.5 Å². The van der Waals surface area contributed by atoms with Crippen LogP contribution < -0.4 is 5.73 Å². The van der Waals surface area contributed by atoms with Crippen LogP contribution in [-0.4, -0.2) is 59.9 Å². The number of hydrogen-bond donors (Lipinski definition) is 3. The van der Waals surface area contributed by atoms with Crippen LogP contribution in [0.2, 0.25) is 0 Å². The average molecular weight is 784 g/mol. The molecule has 12 heteroatoms. The number of nitrogens with two attached hydrogens (primary N) is 1. The Kier molecular flexibility index (Phi) is 35.6. The van der Waals surface area contributed by atoms with Crippen LogP contribution in [0.25, 0.3) is 0 Å². The maximum absolute atomic E-state index is 12.6. The fraction of sp³-hybridized carbons (Fsp3) is 0.738. The zero-order chi connectivity index (χ0) is 40.0. The SMILES string of the molecule is CCCCCC/C=C\CCCCCCCC(=O)OC[C@H](COP(=O)(O)OC[C@H](N)C(=O)O)OC(=O)CCC/C=C\C/C=C\C/C=C\CCCCCCCC. The molecule has 0 spiro atoms. The molecule has 11 nitrogen and oxygen atoms in total. The van der Waals surface area contributed by atoms with Crippen LogP contribution in [0.15, 0.2) is 48.6 Å². The highest BCUT2D eigenvalue weighted by Gasteiger charge is 2.28. The molecule has 0 aliphatic rings. The van der Waals surface area contributed by atoms with Crippen molar-refractivity contribution in [1.29, 1.82) is 0 Å². The molecule has 0 aliphatic carbocycles. The van der Waals surface area contributed by atoms with Gasteiger partial charge in [-0.3, -0.25) is 23.4 Å². The molecule has 0 aromatic rings. The Balaban J connectivity index is 4.51. The molecule has 3 atom stereocenters. The van der Waals surface area contributed by atoms with Gasteiger partial charge in [-0.05, 0) is 70.6 Å². The molecule has 0 aromatic heterocycles. The number of carbonyl (C=O) groups is 3. The smallest absolute Gasteiger partial charge is 0.472 e. The Bertz CT molecular complexity index is 1110. The molecule has 0 bridgehead atoms. The fourth-order valence-electron chi connectivity index (χ4n) is 5.25. The molecule has 0 saturated carbocycles. The van der Waals surface area contributed by atoms with Gasteiger partial charge in [0.05, 0.1) is 13.2 Å². The van der Waals surface area contributed by atoms with Crippen LogP contribution in [0.1, 0.15) is 168 Å². The zero-order valence-electron chi connectivity index (χ0n) is 33.6. The Morgan fingerprint density at radius 1 is 0.574 bits per heavy atom. The molecule has 0 radical (unpaired) electrons. The monoisotopic (exact) mass is 784 g/mol. The number of allylic oxidation sites excluding steroid dienone is 8. The van der Waals surface area contributed by atoms with E-state index < -0.39 is 51.1 Å². The third-order valence-corrected chi connectivity index (χ3v) is 9.50. The average Bonchev–Trinajstić information content (AvgIpc) is 3.14. The summed E-state index contributed by atoms with van der Waals surface area (Å²) in [5.74, 6) is -2.46. The first-order valence-corrected chi connectivity index (χ1v) is 22.2. The number of phosphoric ester groups is 1. The fourth-order valence-corrected chi connectivity index (χ4v) is 6.03. The van der Waals surface area contributed by atoms with Crippen molar-refractivity contribution >= 4 is 25.7 Å². The van der Waals surface area contributed by atoms with Gasteiger partial charge in [-0.25, -0.2) is 4.57 Å². The molecular formula is C42H74NO10P. The highest BCUT2D eigenvalue weighted by Crippen LogP contribution is 2.43. The van der Waals surface area contributed by atoms with Crippen LogP contribution in [0.4, 0.5) is 0 Å². The summed E-state index contributed by atoms with van der Waals surface area (Å²) < 4.78 is 32.6. The summed E-state index contributed by atoms with van der Waals surface area (Å²) in [6.45, 7) is 2.71. The topological polar surface area (TPSA) is 172 Å². The van der Waals surface area contributed by atoms with Gasteiger partial charge in [-0.15, -0.1) is 0 Å². The van der Waals surface area contributed by atoms with E-state index in [0.29, 0.717) is 19.3 Å². The summed E-state index contributed by atoms with van der Waals surface area (Å²) in [7, 11) is -4.73. The van der Waals surface area contributed by atoms with Gasteiger partial charge in [-0.1, -0.05) is 133 Å². The molecular weight excluding hydrogens is 709 g/mol. The van der Waals surface area contributed by atoms with Gasteiger partial charge in [-0.2, -0.15) is 0 Å². The minimum Gasteiger partial charge on any atom is -0.480 e. The second kappa shape index (κ2) is 37.4. The first kappa shape index (κ1) is 51.4. The predicted octanol–water partition coefficient (Wildman–Crippen LogP) is 10.6. The van der Waals surface area contributed by atoms with Crippen molar-refractivity contribution in [3.63, 3.8) is 0 Å². The summed E-state index contributed by atoms with van der Waals surface area (Å²) in [5, 5.41) is 8.87. The number of unbranched alkanes of at least 4 members (excludes halogenated alkanes) is 16. The molecule has 0 amide bonds. The molecule has 1 unspecified atom stereocenters. The highest BCUT2D eigenvalue weighted by molar-refractivity contribution is 7.47. The molecule has 0 rings (SSSR count). The van der Waals surface area contributed by atoms with Gasteiger partial charge in [0.25, 0.3) is 0 Å². The van der Waals surface area contributed by atoms with E-state index >= 15 is 0 Å². The van der Waals surface area contributed by atoms with Crippen LogP contribution in [0, 0.1) is 0 Å². The molecule has 0 saturated heterocycles. The van der Waals surface area contributed by atoms with Gasteiger partial charge in [0.1, 0.15) is 12.6 Å². The van der Waals surface area contributed by atoms with Crippen molar-refractivity contribution < 1.29 is 47.5 Å². The quantitative estimate of drug-likeness (QED) is 0.0235. The Hall–Kier alpha value is -2.56. The van der Waals surface area contributed by atoms with Crippen molar-refractivity contribution in [3.05, 3.63) is 48.6 Å². The largest absolute Gasteiger partial charge is 0.480 e. The molecule has 4 N–H and O–H groups in total. The Morgan fingerprint density at radius 3 is 1.56 bits per heavy atom. The van der Waals surface area contributed by atoms with E-state index in [9.17, 15) is 23.8 Å². The zero-order valence-corrected chi connectivity index (χ0v) is 34.4. The minimum atomic E-state index is -4.73. The molecule has 0 aromatic carbocycles. The maximum Gasteiger partial charge on any atom is 0.472 e. The van der Waals surface area contributed by atoms with Gasteiger partial charge < -0.3 is 25.2 Å². The van der Waals surface area contributed by atoms with E-state index in [1.165, 1.54) is 64.2 Å². The van der Waals surface area contributed by atoms with Crippen molar-refractivity contribution in [2.45, 2.75) is 180 Å². The molecule has 0 heterocycles. The van der Waals surface area contributed by atoms with Crippen molar-refractivity contribution in [2.75, 3.05) is 19.8 Å². The van der Waals surface area contributed by atoms with E-state index in [4.69, 9.17) is 24.8 Å². The van der Waals surface area contributed by atoms with Crippen molar-refractivity contribution in [2.24, 2.45) is 5.73 Å². The van der Waals surface area contributed by atoms with Crippen LogP contribution in [0.5, 0.6) is 0 Å². The second-order valence-electron chi connectivity index (χ2n) is 13.8. The molecule has 312 valence electrons. The lowest BCUT2D eigenvalue weighted by Gasteiger charge is -2.20. The van der Waals surface area contributed by atoms with Crippen LogP contribution >= 0.6 is 7.82 Å². The van der Waals surface area contributed by atoms with E-state index in [-0.39, 0.29) is 19.4 Å². The third kappa shape index (κ3) is 36.4. The number of esters is 2. The first-order valence-electron chi connectivity index (χ1n) is 20.7. The predicted molar refractivity (Wildman–Crippen MR) is 217 cm³/mol. The van der Waals surface area contributed by atoms with E-state index in [0.717, 1.165) is 57.8 Å². The summed E-state index contributed by atoms with van der Waals surface area (Å²) >= 11 is 0. The van der Waals surface area contributed by atoms with Gasteiger partial charge >= 0.3 is 25.7 Å². The van der Waals surface area contributed by atoms with E-state index in [1.807, 2.05) is 12.2 Å². The number of rotatable bonds is 38. The number of carbonyl (C=O) groups excluding carboxylic acids is 2. The summed E-state index contributed by atoms with van der Waals surface area (Å²) in [4.78, 5) is 45.8. The van der Waals surface area contributed by atoms with E-state index in [1.54, 1.807) is 0 Å². The van der Waals surface area contributed by atoms with Gasteiger partial charge in [0.15, 0.2) is 6.10 Å². The third-order valence-electron chi connectivity index (χ3n) is 8.55. The normalized spacial score (nSPS) is 14.3. The number of carboxylic acid groups (broad SMARTS) is 1. The maximum atomic E-state index is 12.6. The van der Waals surface area contributed by atoms with Gasteiger partial charge in [0, 0.05) is 12.8 Å². The number of ether oxygens (including phenoxy) is 2. The lowest BCUT2D eigenvalue weighted by atomic mass is 10.1.